The molecular formula is C15H20O2. The lowest BCUT2D eigenvalue weighted by atomic mass is 9.99. The van der Waals surface area contributed by atoms with Crippen LogP contribution in [0.25, 0.3) is 0 Å². The van der Waals surface area contributed by atoms with Gasteiger partial charge < -0.3 is 4.74 Å². The van der Waals surface area contributed by atoms with E-state index >= 15 is 0 Å². The highest BCUT2D eigenvalue weighted by atomic mass is 16.5. The molecule has 1 atom stereocenters. The van der Waals surface area contributed by atoms with Gasteiger partial charge in [-0.1, -0.05) is 18.2 Å². The molecule has 92 valence electrons. The zero-order valence-corrected chi connectivity index (χ0v) is 10.8. The molecule has 0 heterocycles. The molecule has 0 aliphatic heterocycles. The van der Waals surface area contributed by atoms with Crippen molar-refractivity contribution in [2.75, 3.05) is 7.11 Å². The molecule has 2 nitrogen and oxygen atoms in total. The monoisotopic (exact) mass is 232 g/mol. The van der Waals surface area contributed by atoms with Gasteiger partial charge in [-0.15, -0.1) is 0 Å². The molecule has 1 saturated carbocycles. The van der Waals surface area contributed by atoms with E-state index in [-0.39, 0.29) is 11.9 Å². The lowest BCUT2D eigenvalue weighted by molar-refractivity contribution is -0.129. The lowest BCUT2D eigenvalue weighted by Gasteiger charge is -2.13. The summed E-state index contributed by atoms with van der Waals surface area (Å²) in [5, 5.41) is 0. The molecule has 0 N–H and O–H groups in total. The minimum absolute atomic E-state index is 0.184. The van der Waals surface area contributed by atoms with Crippen LogP contribution in [0.4, 0.5) is 0 Å². The van der Waals surface area contributed by atoms with E-state index in [1.54, 1.807) is 7.11 Å². The largest absolute Gasteiger partial charge is 0.373 e. The topological polar surface area (TPSA) is 26.3 Å². The summed E-state index contributed by atoms with van der Waals surface area (Å²) >= 11 is 0. The van der Waals surface area contributed by atoms with Crippen LogP contribution in [0.5, 0.6) is 0 Å². The average Bonchev–Trinajstić information content (AvgIpc) is 3.09. The van der Waals surface area contributed by atoms with Crippen molar-refractivity contribution in [3.05, 3.63) is 34.9 Å². The van der Waals surface area contributed by atoms with Crippen LogP contribution in [-0.2, 0) is 16.0 Å². The van der Waals surface area contributed by atoms with E-state index < -0.39 is 0 Å². The summed E-state index contributed by atoms with van der Waals surface area (Å²) in [7, 11) is 1.64. The van der Waals surface area contributed by atoms with E-state index in [0.717, 1.165) is 18.4 Å². The van der Waals surface area contributed by atoms with E-state index in [0.29, 0.717) is 12.3 Å². The van der Waals surface area contributed by atoms with Gasteiger partial charge in [0.05, 0.1) is 0 Å². The van der Waals surface area contributed by atoms with E-state index in [4.69, 9.17) is 4.74 Å². The second kappa shape index (κ2) is 5.01. The van der Waals surface area contributed by atoms with E-state index in [1.165, 1.54) is 11.1 Å². The molecule has 1 aliphatic rings. The second-order valence-electron chi connectivity index (χ2n) is 5.06. The number of carbonyl (C=O) groups excluding carboxylic acids is 1. The number of Topliss-reactive ketones (excluding diaryl/α,β-unsaturated/α-hetero) is 1. The van der Waals surface area contributed by atoms with Crippen molar-refractivity contribution in [1.82, 2.24) is 0 Å². The smallest absolute Gasteiger partial charge is 0.166 e. The van der Waals surface area contributed by atoms with Gasteiger partial charge in [0.25, 0.3) is 0 Å². The molecule has 0 aromatic heterocycles. The molecule has 1 unspecified atom stereocenters. The fourth-order valence-electron chi connectivity index (χ4n) is 2.20. The van der Waals surface area contributed by atoms with Gasteiger partial charge in [0.2, 0.25) is 0 Å². The van der Waals surface area contributed by atoms with Crippen LogP contribution in [0.3, 0.4) is 0 Å². The molecule has 17 heavy (non-hydrogen) atoms. The fraction of sp³-hybridized carbons (Fsp3) is 0.533. The van der Waals surface area contributed by atoms with Crippen molar-refractivity contribution in [2.45, 2.75) is 39.2 Å². The Hall–Kier alpha value is -1.15. The van der Waals surface area contributed by atoms with Gasteiger partial charge in [0, 0.05) is 13.5 Å². The number of benzene rings is 1. The Balaban J connectivity index is 2.04. The van der Waals surface area contributed by atoms with E-state index in [9.17, 15) is 4.79 Å². The summed E-state index contributed by atoms with van der Waals surface area (Å²) < 4.78 is 5.31. The van der Waals surface area contributed by atoms with E-state index in [1.807, 2.05) is 6.07 Å². The number of rotatable bonds is 5. The number of hydrogen-bond donors (Lipinski definition) is 0. The van der Waals surface area contributed by atoms with Gasteiger partial charge in [0.15, 0.2) is 5.78 Å². The van der Waals surface area contributed by atoms with Gasteiger partial charge in [-0.25, -0.2) is 0 Å². The first-order valence-corrected chi connectivity index (χ1v) is 6.23. The molecule has 1 aliphatic carbocycles. The molecule has 0 radical (unpaired) electrons. The Morgan fingerprint density at radius 3 is 2.59 bits per heavy atom. The first-order valence-electron chi connectivity index (χ1n) is 6.23. The first kappa shape index (κ1) is 12.3. The standard InChI is InChI=1S/C15H20O2/c1-10-4-5-12(8-11(10)2)9-14(16)15(17-3)13-6-7-13/h4-5,8,13,15H,6-7,9H2,1-3H3. The van der Waals surface area contributed by atoms with Crippen LogP contribution in [0.2, 0.25) is 0 Å². The molecule has 0 amide bonds. The Kier molecular flexibility index (Phi) is 3.63. The minimum Gasteiger partial charge on any atom is -0.373 e. The van der Waals surface area contributed by atoms with Gasteiger partial charge in [-0.2, -0.15) is 0 Å². The quantitative estimate of drug-likeness (QED) is 0.780. The SMILES string of the molecule is COC(C(=O)Cc1ccc(C)c(C)c1)C1CC1. The summed E-state index contributed by atoms with van der Waals surface area (Å²) in [5.41, 5.74) is 3.61. The third-order valence-corrected chi connectivity index (χ3v) is 3.57. The molecule has 1 aromatic rings. The number of ketones is 1. The van der Waals surface area contributed by atoms with Crippen LogP contribution in [-0.4, -0.2) is 19.0 Å². The fourth-order valence-corrected chi connectivity index (χ4v) is 2.20. The van der Waals surface area contributed by atoms with Crippen LogP contribution < -0.4 is 0 Å². The zero-order chi connectivity index (χ0) is 12.4. The Bertz CT molecular complexity index is 419. The van der Waals surface area contributed by atoms with Crippen LogP contribution in [0.1, 0.15) is 29.5 Å². The van der Waals surface area contributed by atoms with Gasteiger partial charge in [0.1, 0.15) is 6.10 Å². The number of carbonyl (C=O) groups is 1. The molecule has 1 fully saturated rings. The van der Waals surface area contributed by atoms with Crippen molar-refractivity contribution < 1.29 is 9.53 Å². The number of methoxy groups -OCH3 is 1. The lowest BCUT2D eigenvalue weighted by Crippen LogP contribution is -2.26. The summed E-state index contributed by atoms with van der Waals surface area (Å²) in [6.07, 6.45) is 2.58. The predicted octanol–water partition coefficient (Wildman–Crippen LogP) is 2.84. The summed E-state index contributed by atoms with van der Waals surface area (Å²) in [6.45, 7) is 4.17. The van der Waals surface area contributed by atoms with Crippen LogP contribution in [0.15, 0.2) is 18.2 Å². The number of aryl methyl sites for hydroxylation is 2. The van der Waals surface area contributed by atoms with Crippen LogP contribution in [0, 0.1) is 19.8 Å². The number of ether oxygens (including phenoxy) is 1. The molecule has 0 bridgehead atoms. The average molecular weight is 232 g/mol. The highest BCUT2D eigenvalue weighted by molar-refractivity contribution is 5.85. The molecule has 1 aromatic carbocycles. The minimum atomic E-state index is -0.184. The van der Waals surface area contributed by atoms with Crippen LogP contribution >= 0.6 is 0 Å². The van der Waals surface area contributed by atoms with Crippen molar-refractivity contribution in [3.8, 4) is 0 Å². The third kappa shape index (κ3) is 2.95. The van der Waals surface area contributed by atoms with Gasteiger partial charge in [-0.3, -0.25) is 4.79 Å². The summed E-state index contributed by atoms with van der Waals surface area (Å²) in [4.78, 5) is 12.1. The Labute approximate surface area is 103 Å². The van der Waals surface area contributed by atoms with E-state index in [2.05, 4.69) is 26.0 Å². The van der Waals surface area contributed by atoms with Gasteiger partial charge >= 0.3 is 0 Å². The molecule has 0 saturated heterocycles. The number of hydrogen-bond acceptors (Lipinski definition) is 2. The van der Waals surface area contributed by atoms with Gasteiger partial charge in [-0.05, 0) is 49.3 Å². The zero-order valence-electron chi connectivity index (χ0n) is 10.8. The summed E-state index contributed by atoms with van der Waals surface area (Å²) in [6, 6.07) is 6.23. The highest BCUT2D eigenvalue weighted by Crippen LogP contribution is 2.34. The molecule has 2 heteroatoms. The third-order valence-electron chi connectivity index (χ3n) is 3.57. The predicted molar refractivity (Wildman–Crippen MR) is 68.1 cm³/mol. The Morgan fingerprint density at radius 2 is 2.06 bits per heavy atom. The maximum Gasteiger partial charge on any atom is 0.166 e. The maximum absolute atomic E-state index is 12.1. The summed E-state index contributed by atoms with van der Waals surface area (Å²) in [5.74, 6) is 0.692. The normalized spacial score (nSPS) is 16.9. The molecule has 0 spiro atoms. The molecule has 2 rings (SSSR count). The molecular weight excluding hydrogens is 212 g/mol. The second-order valence-corrected chi connectivity index (χ2v) is 5.06. The Morgan fingerprint density at radius 1 is 1.35 bits per heavy atom. The van der Waals surface area contributed by atoms with Crippen molar-refractivity contribution in [2.24, 2.45) is 5.92 Å². The maximum atomic E-state index is 12.1. The van der Waals surface area contributed by atoms with Crippen molar-refractivity contribution in [1.29, 1.82) is 0 Å². The first-order chi connectivity index (χ1) is 8.11. The highest BCUT2D eigenvalue weighted by Gasteiger charge is 2.35. The van der Waals surface area contributed by atoms with Crippen molar-refractivity contribution >= 4 is 5.78 Å². The van der Waals surface area contributed by atoms with Crippen molar-refractivity contribution in [3.63, 3.8) is 0 Å².